The average molecular weight is 368 g/mol. The molecule has 0 spiro atoms. The van der Waals surface area contributed by atoms with Crippen LogP contribution in [0.5, 0.6) is 0 Å². The van der Waals surface area contributed by atoms with E-state index in [4.69, 9.17) is 9.47 Å². The van der Waals surface area contributed by atoms with Crippen LogP contribution in [0.15, 0.2) is 0 Å². The first-order valence-corrected chi connectivity index (χ1v) is 9.48. The lowest BCUT2D eigenvalue weighted by Crippen LogP contribution is -2.37. The molecule has 0 radical (unpaired) electrons. The molecule has 1 N–H and O–H groups in total. The largest absolute Gasteiger partial charge is 0.383 e. The zero-order chi connectivity index (χ0) is 18.4. The van der Waals surface area contributed by atoms with E-state index in [1.54, 1.807) is 30.5 Å². The highest BCUT2D eigenvalue weighted by molar-refractivity contribution is 7.17. The summed E-state index contributed by atoms with van der Waals surface area (Å²) in [7, 11) is 3.24. The normalized spacial score (nSPS) is 16.4. The number of nitrogens with zero attached hydrogens (tertiary/aromatic N) is 1. The molecule has 2 rings (SSSR count). The first-order chi connectivity index (χ1) is 12.0. The Labute approximate surface area is 153 Å². The fourth-order valence-corrected chi connectivity index (χ4v) is 4.55. The van der Waals surface area contributed by atoms with Crippen LogP contribution in [0.1, 0.15) is 41.1 Å². The van der Waals surface area contributed by atoms with Crippen LogP contribution in [0.3, 0.4) is 0 Å². The lowest BCUT2D eigenvalue weighted by Gasteiger charge is -2.24. The minimum Gasteiger partial charge on any atom is -0.383 e. The molecule has 1 aromatic rings. The second-order valence-electron chi connectivity index (χ2n) is 6.51. The van der Waals surface area contributed by atoms with Gasteiger partial charge in [0.15, 0.2) is 0 Å². The Morgan fingerprint density at radius 3 is 2.44 bits per heavy atom. The number of anilines is 1. The van der Waals surface area contributed by atoms with Gasteiger partial charge in [-0.25, -0.2) is 0 Å². The van der Waals surface area contributed by atoms with Crippen LogP contribution >= 0.6 is 11.3 Å². The Morgan fingerprint density at radius 1 is 1.24 bits per heavy atom. The quantitative estimate of drug-likeness (QED) is 0.766. The number of amides is 2. The van der Waals surface area contributed by atoms with E-state index in [0.717, 1.165) is 24.8 Å². The maximum absolute atomic E-state index is 13.2. The van der Waals surface area contributed by atoms with Crippen molar-refractivity contribution in [1.82, 2.24) is 4.90 Å². The van der Waals surface area contributed by atoms with Gasteiger partial charge >= 0.3 is 0 Å². The van der Waals surface area contributed by atoms with E-state index < -0.39 is 0 Å². The molecular weight excluding hydrogens is 340 g/mol. The van der Waals surface area contributed by atoms with Crippen LogP contribution in [-0.4, -0.2) is 57.2 Å². The third-order valence-electron chi connectivity index (χ3n) is 4.43. The van der Waals surface area contributed by atoms with E-state index in [1.807, 2.05) is 0 Å². The molecule has 0 bridgehead atoms. The molecule has 1 heterocycles. The molecular formula is C18H28N2O4S. The standard InChI is InChI=1S/C18H28N2O4S/c1-12-5-6-14-15(11-12)25-17(19-13(2)21)16(14)18(22)20(7-9-23-3)8-10-24-4/h12H,5-11H2,1-4H3,(H,19,21). The Kier molecular flexibility index (Phi) is 7.40. The third kappa shape index (κ3) is 5.03. The van der Waals surface area contributed by atoms with Crippen molar-refractivity contribution < 1.29 is 19.1 Å². The predicted octanol–water partition coefficient (Wildman–Crippen LogP) is 2.57. The minimum absolute atomic E-state index is 0.0510. The van der Waals surface area contributed by atoms with Crippen LogP contribution in [-0.2, 0) is 27.1 Å². The molecule has 1 aliphatic carbocycles. The fourth-order valence-electron chi connectivity index (χ4n) is 3.10. The molecule has 0 aromatic carbocycles. The van der Waals surface area contributed by atoms with E-state index in [1.165, 1.54) is 11.8 Å². The van der Waals surface area contributed by atoms with Gasteiger partial charge in [0.05, 0.1) is 18.8 Å². The Balaban J connectivity index is 2.35. The van der Waals surface area contributed by atoms with E-state index in [9.17, 15) is 9.59 Å². The van der Waals surface area contributed by atoms with Crippen molar-refractivity contribution in [2.24, 2.45) is 5.92 Å². The summed E-state index contributed by atoms with van der Waals surface area (Å²) in [4.78, 5) is 27.8. The van der Waals surface area contributed by atoms with Gasteiger partial charge in [0.2, 0.25) is 5.91 Å². The first kappa shape index (κ1) is 19.9. The van der Waals surface area contributed by atoms with Crippen LogP contribution < -0.4 is 5.32 Å². The number of thiophene rings is 1. The molecule has 1 aromatic heterocycles. The average Bonchev–Trinajstić information content (AvgIpc) is 2.90. The van der Waals surface area contributed by atoms with Gasteiger partial charge in [0, 0.05) is 39.1 Å². The number of fused-ring (bicyclic) bond motifs is 1. The van der Waals surface area contributed by atoms with Crippen molar-refractivity contribution in [3.8, 4) is 0 Å². The highest BCUT2D eigenvalue weighted by Crippen LogP contribution is 2.40. The summed E-state index contributed by atoms with van der Waals surface area (Å²) >= 11 is 1.55. The molecule has 140 valence electrons. The number of hydrogen-bond acceptors (Lipinski definition) is 5. The van der Waals surface area contributed by atoms with Gasteiger partial charge in [-0.05, 0) is 30.7 Å². The topological polar surface area (TPSA) is 67.9 Å². The van der Waals surface area contributed by atoms with Gasteiger partial charge in [-0.1, -0.05) is 6.92 Å². The second-order valence-corrected chi connectivity index (χ2v) is 7.62. The zero-order valence-electron chi connectivity index (χ0n) is 15.5. The molecule has 7 heteroatoms. The van der Waals surface area contributed by atoms with Crippen molar-refractivity contribution in [3.63, 3.8) is 0 Å². The smallest absolute Gasteiger partial charge is 0.257 e. The fraction of sp³-hybridized carbons (Fsp3) is 0.667. The number of hydrogen-bond donors (Lipinski definition) is 1. The number of methoxy groups -OCH3 is 2. The summed E-state index contributed by atoms with van der Waals surface area (Å²) in [6, 6.07) is 0. The van der Waals surface area contributed by atoms with Gasteiger partial charge in [-0.2, -0.15) is 0 Å². The van der Waals surface area contributed by atoms with Crippen molar-refractivity contribution >= 4 is 28.2 Å². The number of carbonyl (C=O) groups is 2. The summed E-state index contributed by atoms with van der Waals surface area (Å²) < 4.78 is 10.3. The van der Waals surface area contributed by atoms with Gasteiger partial charge < -0.3 is 19.7 Å². The van der Waals surface area contributed by atoms with Gasteiger partial charge in [0.25, 0.3) is 5.91 Å². The van der Waals surface area contributed by atoms with Gasteiger partial charge in [-0.3, -0.25) is 9.59 Å². The summed E-state index contributed by atoms with van der Waals surface area (Å²) in [5, 5.41) is 3.54. The molecule has 0 saturated heterocycles. The molecule has 0 saturated carbocycles. The van der Waals surface area contributed by atoms with Crippen LogP contribution in [0.2, 0.25) is 0 Å². The Hall–Kier alpha value is -1.44. The van der Waals surface area contributed by atoms with E-state index in [-0.39, 0.29) is 11.8 Å². The van der Waals surface area contributed by atoms with E-state index >= 15 is 0 Å². The molecule has 25 heavy (non-hydrogen) atoms. The molecule has 1 unspecified atom stereocenters. The summed E-state index contributed by atoms with van der Waals surface area (Å²) in [5.74, 6) is 0.406. The SMILES string of the molecule is COCCN(CCOC)C(=O)c1c(NC(C)=O)sc2c1CCC(C)C2. The molecule has 0 fully saturated rings. The van der Waals surface area contributed by atoms with Crippen LogP contribution in [0.25, 0.3) is 0 Å². The molecule has 6 nitrogen and oxygen atoms in total. The van der Waals surface area contributed by atoms with Crippen LogP contribution in [0, 0.1) is 5.92 Å². The Bertz CT molecular complexity index is 606. The highest BCUT2D eigenvalue weighted by Gasteiger charge is 2.30. The minimum atomic E-state index is -0.152. The summed E-state index contributed by atoms with van der Waals surface area (Å²) in [6.45, 7) is 5.63. The van der Waals surface area contributed by atoms with E-state index in [2.05, 4.69) is 12.2 Å². The van der Waals surface area contributed by atoms with Crippen molar-refractivity contribution in [1.29, 1.82) is 0 Å². The number of rotatable bonds is 8. The number of ether oxygens (including phenoxy) is 2. The number of carbonyl (C=O) groups excluding carboxylic acids is 2. The van der Waals surface area contributed by atoms with E-state index in [0.29, 0.717) is 42.8 Å². The van der Waals surface area contributed by atoms with Crippen LogP contribution in [0.4, 0.5) is 5.00 Å². The lowest BCUT2D eigenvalue weighted by molar-refractivity contribution is -0.114. The zero-order valence-corrected chi connectivity index (χ0v) is 16.3. The summed E-state index contributed by atoms with van der Waals surface area (Å²) in [5.41, 5.74) is 1.77. The second kappa shape index (κ2) is 9.31. The van der Waals surface area contributed by atoms with Gasteiger partial charge in [0.1, 0.15) is 5.00 Å². The highest BCUT2D eigenvalue weighted by atomic mass is 32.1. The molecule has 1 aliphatic rings. The maximum atomic E-state index is 13.2. The van der Waals surface area contributed by atoms with Crippen molar-refractivity contribution in [2.45, 2.75) is 33.1 Å². The van der Waals surface area contributed by atoms with Crippen molar-refractivity contribution in [3.05, 3.63) is 16.0 Å². The first-order valence-electron chi connectivity index (χ1n) is 8.67. The molecule has 2 amide bonds. The third-order valence-corrected chi connectivity index (χ3v) is 5.60. The number of nitrogens with one attached hydrogen (secondary N) is 1. The summed E-state index contributed by atoms with van der Waals surface area (Å²) in [6.07, 6.45) is 2.92. The lowest BCUT2D eigenvalue weighted by atomic mass is 9.88. The monoisotopic (exact) mass is 368 g/mol. The Morgan fingerprint density at radius 2 is 1.88 bits per heavy atom. The maximum Gasteiger partial charge on any atom is 0.257 e. The van der Waals surface area contributed by atoms with Gasteiger partial charge in [-0.15, -0.1) is 11.3 Å². The molecule has 1 atom stereocenters. The predicted molar refractivity (Wildman–Crippen MR) is 99.5 cm³/mol. The molecule has 0 aliphatic heterocycles. The van der Waals surface area contributed by atoms with Crippen molar-refractivity contribution in [2.75, 3.05) is 45.8 Å².